The average molecular weight is 377 g/mol. The molecular weight excluding hydrogens is 348 g/mol. The van der Waals surface area contributed by atoms with Crippen LogP contribution in [0.4, 0.5) is 11.5 Å². The van der Waals surface area contributed by atoms with Crippen molar-refractivity contribution < 1.29 is 4.79 Å². The second-order valence-electron chi connectivity index (χ2n) is 7.79. The van der Waals surface area contributed by atoms with Gasteiger partial charge in [0.05, 0.1) is 5.56 Å². The monoisotopic (exact) mass is 376 g/mol. The second kappa shape index (κ2) is 7.68. The van der Waals surface area contributed by atoms with Gasteiger partial charge in [0, 0.05) is 43.6 Å². The number of hydrogen-bond acceptors (Lipinski definition) is 3. The van der Waals surface area contributed by atoms with Crippen molar-refractivity contribution >= 4 is 22.9 Å². The molecule has 3 aromatic rings. The molecule has 1 aliphatic rings. The lowest BCUT2D eigenvalue weighted by molar-refractivity contribution is 0.0663. The van der Waals surface area contributed by atoms with Crippen LogP contribution in [0.2, 0.25) is 0 Å². The molecule has 0 bridgehead atoms. The van der Waals surface area contributed by atoms with Crippen LogP contribution >= 0.6 is 0 Å². The molecule has 0 radical (unpaired) electrons. The Hall–Kier alpha value is -2.79. The van der Waals surface area contributed by atoms with E-state index in [-0.39, 0.29) is 5.91 Å². The summed E-state index contributed by atoms with van der Waals surface area (Å²) in [7, 11) is 6.29. The highest BCUT2D eigenvalue weighted by molar-refractivity contribution is 5.94. The van der Waals surface area contributed by atoms with E-state index >= 15 is 0 Å². The minimum atomic E-state index is 0.126. The summed E-state index contributed by atoms with van der Waals surface area (Å²) in [5.41, 5.74) is 2.94. The minimum Gasteiger partial charge on any atom is -0.338 e. The third-order valence-corrected chi connectivity index (χ3v) is 5.85. The summed E-state index contributed by atoms with van der Waals surface area (Å²) < 4.78 is 2.10. The smallest absolute Gasteiger partial charge is 0.255 e. The molecule has 0 N–H and O–H groups in total. The van der Waals surface area contributed by atoms with Gasteiger partial charge in [0.2, 0.25) is 0 Å². The molecule has 146 valence electrons. The lowest BCUT2D eigenvalue weighted by atomic mass is 10.0. The molecule has 3 heterocycles. The van der Waals surface area contributed by atoms with Gasteiger partial charge in [-0.1, -0.05) is 18.2 Å². The Morgan fingerprint density at radius 3 is 2.29 bits per heavy atom. The van der Waals surface area contributed by atoms with E-state index in [1.54, 1.807) is 0 Å². The molecule has 5 nitrogen and oxygen atoms in total. The summed E-state index contributed by atoms with van der Waals surface area (Å²) in [6, 6.07) is 19.0. The van der Waals surface area contributed by atoms with Gasteiger partial charge in [0.15, 0.2) is 0 Å². The first-order valence-electron chi connectivity index (χ1n) is 9.90. The van der Waals surface area contributed by atoms with Crippen molar-refractivity contribution in [3.05, 3.63) is 66.4 Å². The number of aromatic nitrogens is 1. The Morgan fingerprint density at radius 1 is 0.929 bits per heavy atom. The number of rotatable bonds is 4. The van der Waals surface area contributed by atoms with Crippen LogP contribution < -0.4 is 4.90 Å². The number of likely N-dealkylation sites (tertiary alicyclic amines) is 1. The quantitative estimate of drug-likeness (QED) is 0.693. The number of pyridine rings is 1. The summed E-state index contributed by atoms with van der Waals surface area (Å²) in [6.45, 7) is 1.64. The van der Waals surface area contributed by atoms with Crippen molar-refractivity contribution in [1.82, 2.24) is 14.2 Å². The van der Waals surface area contributed by atoms with Gasteiger partial charge >= 0.3 is 0 Å². The van der Waals surface area contributed by atoms with Gasteiger partial charge in [0.25, 0.3) is 5.91 Å². The van der Waals surface area contributed by atoms with Crippen LogP contribution in [0, 0.1) is 0 Å². The molecule has 1 aromatic carbocycles. The second-order valence-corrected chi connectivity index (χ2v) is 7.79. The molecule has 0 spiro atoms. The number of nitrogens with zero attached hydrogens (tertiary/aromatic N) is 4. The third-order valence-electron chi connectivity index (χ3n) is 5.85. The summed E-state index contributed by atoms with van der Waals surface area (Å²) in [5, 5.41) is 0. The number of amides is 1. The Kier molecular flexibility index (Phi) is 5.09. The standard InChI is InChI=1S/C23H28N4O/c1-24(2)19-13-15-26(16-14-19)23(28)18-9-10-21-11-12-22(27(21)17-18)25(3)20-7-5-4-6-8-20/h4-12,17,19H,13-16H2,1-3H3. The molecule has 5 heteroatoms. The van der Waals surface area contributed by atoms with Gasteiger partial charge in [0.1, 0.15) is 5.82 Å². The van der Waals surface area contributed by atoms with E-state index in [0.29, 0.717) is 6.04 Å². The van der Waals surface area contributed by atoms with E-state index in [1.807, 2.05) is 41.4 Å². The highest BCUT2D eigenvalue weighted by Gasteiger charge is 2.25. The first kappa shape index (κ1) is 18.6. The number of anilines is 2. The maximum Gasteiger partial charge on any atom is 0.255 e. The zero-order chi connectivity index (χ0) is 19.7. The first-order chi connectivity index (χ1) is 13.5. The van der Waals surface area contributed by atoms with Gasteiger partial charge in [-0.2, -0.15) is 0 Å². The SMILES string of the molecule is CN(c1ccccc1)c1ccc2ccc(C(=O)N3CCC(N(C)C)CC3)cn12. The van der Waals surface area contributed by atoms with Crippen molar-refractivity contribution in [3.8, 4) is 0 Å². The van der Waals surface area contributed by atoms with Gasteiger partial charge in [-0.25, -0.2) is 0 Å². The van der Waals surface area contributed by atoms with Crippen molar-refractivity contribution in [1.29, 1.82) is 0 Å². The van der Waals surface area contributed by atoms with Crippen LogP contribution in [0.5, 0.6) is 0 Å². The highest BCUT2D eigenvalue weighted by Crippen LogP contribution is 2.26. The Labute approximate surface area is 166 Å². The summed E-state index contributed by atoms with van der Waals surface area (Å²) in [6.07, 6.45) is 4.05. The zero-order valence-electron chi connectivity index (χ0n) is 16.9. The van der Waals surface area contributed by atoms with E-state index in [9.17, 15) is 4.79 Å². The largest absolute Gasteiger partial charge is 0.338 e. The molecule has 1 saturated heterocycles. The molecule has 1 amide bonds. The Morgan fingerprint density at radius 2 is 1.61 bits per heavy atom. The summed E-state index contributed by atoms with van der Waals surface area (Å²) in [5.74, 6) is 1.17. The molecular formula is C23H28N4O. The normalized spacial score (nSPS) is 15.4. The summed E-state index contributed by atoms with van der Waals surface area (Å²) >= 11 is 0. The highest BCUT2D eigenvalue weighted by atomic mass is 16.2. The van der Waals surface area contributed by atoms with E-state index in [1.165, 1.54) is 0 Å². The molecule has 0 saturated carbocycles. The Bertz CT molecular complexity index is 955. The Balaban J connectivity index is 1.58. The van der Waals surface area contributed by atoms with Gasteiger partial charge < -0.3 is 19.1 Å². The third kappa shape index (κ3) is 3.50. The molecule has 0 unspecified atom stereocenters. The van der Waals surface area contributed by atoms with Crippen LogP contribution in [-0.2, 0) is 0 Å². The van der Waals surface area contributed by atoms with Crippen LogP contribution in [0.25, 0.3) is 5.52 Å². The first-order valence-corrected chi connectivity index (χ1v) is 9.90. The summed E-state index contributed by atoms with van der Waals surface area (Å²) in [4.78, 5) is 19.5. The van der Waals surface area contributed by atoms with E-state index in [4.69, 9.17) is 0 Å². The fraction of sp³-hybridized carbons (Fsp3) is 0.348. The van der Waals surface area contributed by atoms with Crippen LogP contribution in [-0.4, -0.2) is 60.4 Å². The fourth-order valence-electron chi connectivity index (χ4n) is 4.04. The van der Waals surface area contributed by atoms with Gasteiger partial charge in [-0.15, -0.1) is 0 Å². The zero-order valence-corrected chi connectivity index (χ0v) is 16.9. The maximum atomic E-state index is 13.1. The fourth-order valence-corrected chi connectivity index (χ4v) is 4.04. The lowest BCUT2D eigenvalue weighted by Gasteiger charge is -2.35. The predicted octanol–water partition coefficient (Wildman–Crippen LogP) is 3.87. The van der Waals surface area contributed by atoms with Crippen molar-refractivity contribution in [2.24, 2.45) is 0 Å². The van der Waals surface area contributed by atoms with Gasteiger partial charge in [-0.05, 0) is 63.3 Å². The predicted molar refractivity (Wildman–Crippen MR) is 115 cm³/mol. The van der Waals surface area contributed by atoms with Crippen LogP contribution in [0.1, 0.15) is 23.2 Å². The van der Waals surface area contributed by atoms with E-state index in [0.717, 1.165) is 48.5 Å². The molecule has 0 atom stereocenters. The molecule has 1 aliphatic heterocycles. The maximum absolute atomic E-state index is 13.1. The molecule has 0 aliphatic carbocycles. The lowest BCUT2D eigenvalue weighted by Crippen LogP contribution is -2.44. The molecule has 2 aromatic heterocycles. The minimum absolute atomic E-state index is 0.126. The molecule has 1 fully saturated rings. The van der Waals surface area contributed by atoms with Crippen molar-refractivity contribution in [3.63, 3.8) is 0 Å². The van der Waals surface area contributed by atoms with Crippen molar-refractivity contribution in [2.45, 2.75) is 18.9 Å². The number of benzene rings is 1. The average Bonchev–Trinajstić information content (AvgIpc) is 3.16. The number of piperidine rings is 1. The molecule has 4 rings (SSSR count). The number of para-hydroxylation sites is 1. The number of fused-ring (bicyclic) bond motifs is 1. The van der Waals surface area contributed by atoms with E-state index < -0.39 is 0 Å². The van der Waals surface area contributed by atoms with Crippen LogP contribution in [0.15, 0.2) is 60.8 Å². The number of carbonyl (C=O) groups is 1. The van der Waals surface area contributed by atoms with Crippen LogP contribution in [0.3, 0.4) is 0 Å². The number of hydrogen-bond donors (Lipinski definition) is 0. The molecule has 28 heavy (non-hydrogen) atoms. The van der Waals surface area contributed by atoms with Crippen molar-refractivity contribution in [2.75, 3.05) is 39.1 Å². The van der Waals surface area contributed by atoms with E-state index in [2.05, 4.69) is 59.6 Å². The van der Waals surface area contributed by atoms with Gasteiger partial charge in [-0.3, -0.25) is 4.79 Å². The topological polar surface area (TPSA) is 31.2 Å². The number of carbonyl (C=O) groups excluding carboxylic acids is 1.